The lowest BCUT2D eigenvalue weighted by atomic mass is 10.2. The van der Waals surface area contributed by atoms with E-state index in [-0.39, 0.29) is 18.2 Å². The summed E-state index contributed by atoms with van der Waals surface area (Å²) < 4.78 is 0. The second kappa shape index (κ2) is 6.88. The van der Waals surface area contributed by atoms with Crippen LogP contribution in [0.25, 0.3) is 0 Å². The summed E-state index contributed by atoms with van der Waals surface area (Å²) >= 11 is 0. The van der Waals surface area contributed by atoms with Crippen molar-refractivity contribution < 1.29 is 19.5 Å². The lowest BCUT2D eigenvalue weighted by molar-refractivity contribution is -0.137. The predicted molar refractivity (Wildman–Crippen MR) is 77.2 cm³/mol. The third-order valence-electron chi connectivity index (χ3n) is 3.37. The van der Waals surface area contributed by atoms with Gasteiger partial charge in [0.05, 0.1) is 0 Å². The Kier molecular flexibility index (Phi) is 4.92. The molecular formula is C15H18N2O4. The molecule has 1 aliphatic heterocycles. The molecule has 2 amide bonds. The molecule has 0 unspecified atom stereocenters. The second-order valence-corrected chi connectivity index (χ2v) is 4.95. The van der Waals surface area contributed by atoms with Gasteiger partial charge in [-0.25, -0.2) is 0 Å². The molecule has 0 saturated carbocycles. The lowest BCUT2D eigenvalue weighted by Crippen LogP contribution is -2.26. The molecule has 1 aromatic rings. The minimum atomic E-state index is -0.871. The zero-order chi connectivity index (χ0) is 15.2. The summed E-state index contributed by atoms with van der Waals surface area (Å²) in [6.45, 7) is 1.05. The summed E-state index contributed by atoms with van der Waals surface area (Å²) in [4.78, 5) is 35.5. The second-order valence-electron chi connectivity index (χ2n) is 4.95. The Morgan fingerprint density at radius 3 is 2.52 bits per heavy atom. The van der Waals surface area contributed by atoms with Gasteiger partial charge in [-0.05, 0) is 37.1 Å². The van der Waals surface area contributed by atoms with E-state index in [0.717, 1.165) is 18.7 Å². The summed E-state index contributed by atoms with van der Waals surface area (Å²) in [5.74, 6) is -0.996. The molecule has 112 valence electrons. The summed E-state index contributed by atoms with van der Waals surface area (Å²) in [6, 6.07) is 6.87. The van der Waals surface area contributed by atoms with Gasteiger partial charge in [-0.15, -0.1) is 0 Å². The van der Waals surface area contributed by atoms with Gasteiger partial charge in [0.1, 0.15) is 0 Å². The molecule has 0 bridgehead atoms. The fraction of sp³-hybridized carbons (Fsp3) is 0.400. The quantitative estimate of drug-likeness (QED) is 0.775. The minimum Gasteiger partial charge on any atom is -0.481 e. The maximum absolute atomic E-state index is 11.8. The van der Waals surface area contributed by atoms with E-state index in [9.17, 15) is 14.4 Å². The van der Waals surface area contributed by atoms with E-state index >= 15 is 0 Å². The van der Waals surface area contributed by atoms with Crippen LogP contribution in [-0.4, -0.2) is 36.0 Å². The molecule has 1 aromatic carbocycles. The lowest BCUT2D eigenvalue weighted by Gasteiger charge is -2.15. The third-order valence-corrected chi connectivity index (χ3v) is 3.37. The van der Waals surface area contributed by atoms with Crippen LogP contribution in [0.15, 0.2) is 24.3 Å². The molecular weight excluding hydrogens is 272 g/mol. The maximum Gasteiger partial charge on any atom is 0.303 e. The topological polar surface area (TPSA) is 86.7 Å². The Labute approximate surface area is 122 Å². The summed E-state index contributed by atoms with van der Waals surface area (Å²) in [5, 5.41) is 11.2. The maximum atomic E-state index is 11.8. The number of rotatable bonds is 6. The highest BCUT2D eigenvalue weighted by Crippen LogP contribution is 2.21. The highest BCUT2D eigenvalue weighted by atomic mass is 16.4. The third kappa shape index (κ3) is 4.05. The number of carboxylic acids is 1. The zero-order valence-electron chi connectivity index (χ0n) is 11.7. The summed E-state index contributed by atoms with van der Waals surface area (Å²) in [5.41, 5.74) is 1.31. The van der Waals surface area contributed by atoms with Crippen LogP contribution >= 0.6 is 0 Å². The van der Waals surface area contributed by atoms with E-state index in [1.807, 2.05) is 0 Å². The highest BCUT2D eigenvalue weighted by Gasteiger charge is 2.21. The molecule has 0 atom stereocenters. The highest BCUT2D eigenvalue weighted by molar-refractivity contribution is 5.97. The first kappa shape index (κ1) is 15.0. The fourth-order valence-electron chi connectivity index (χ4n) is 2.26. The molecule has 6 nitrogen and oxygen atoms in total. The first-order chi connectivity index (χ1) is 10.1. The van der Waals surface area contributed by atoms with Crippen LogP contribution < -0.4 is 10.2 Å². The van der Waals surface area contributed by atoms with E-state index in [1.165, 1.54) is 0 Å². The molecule has 1 heterocycles. The van der Waals surface area contributed by atoms with Crippen LogP contribution in [0, 0.1) is 0 Å². The summed E-state index contributed by atoms with van der Waals surface area (Å²) in [7, 11) is 0. The van der Waals surface area contributed by atoms with Crippen molar-refractivity contribution in [2.24, 2.45) is 0 Å². The molecule has 6 heteroatoms. The van der Waals surface area contributed by atoms with Crippen molar-refractivity contribution >= 4 is 23.5 Å². The van der Waals surface area contributed by atoms with Gasteiger partial charge in [-0.2, -0.15) is 0 Å². The number of amides is 2. The molecule has 1 saturated heterocycles. The van der Waals surface area contributed by atoms with Crippen molar-refractivity contribution in [1.82, 2.24) is 5.32 Å². The molecule has 0 radical (unpaired) electrons. The van der Waals surface area contributed by atoms with Crippen molar-refractivity contribution in [3.05, 3.63) is 29.8 Å². The van der Waals surface area contributed by atoms with Crippen LogP contribution in [0.3, 0.4) is 0 Å². The molecule has 1 fully saturated rings. The molecule has 21 heavy (non-hydrogen) atoms. The molecule has 0 aliphatic carbocycles. The van der Waals surface area contributed by atoms with Crippen LogP contribution in [0.2, 0.25) is 0 Å². The normalized spacial score (nSPS) is 14.3. The molecule has 2 rings (SSSR count). The summed E-state index contributed by atoms with van der Waals surface area (Å²) in [6.07, 6.45) is 1.88. The Bertz CT molecular complexity index is 539. The van der Waals surface area contributed by atoms with Gasteiger partial charge in [0, 0.05) is 37.2 Å². The molecule has 2 N–H and O–H groups in total. The van der Waals surface area contributed by atoms with Crippen molar-refractivity contribution in [3.63, 3.8) is 0 Å². The average molecular weight is 290 g/mol. The fourth-order valence-corrected chi connectivity index (χ4v) is 2.26. The average Bonchev–Trinajstić information content (AvgIpc) is 2.89. The zero-order valence-corrected chi connectivity index (χ0v) is 11.7. The van der Waals surface area contributed by atoms with Crippen molar-refractivity contribution in [1.29, 1.82) is 0 Å². The van der Waals surface area contributed by atoms with Crippen LogP contribution in [0.1, 0.15) is 36.0 Å². The van der Waals surface area contributed by atoms with Gasteiger partial charge in [0.25, 0.3) is 5.91 Å². The van der Waals surface area contributed by atoms with Gasteiger partial charge in [-0.3, -0.25) is 14.4 Å². The monoisotopic (exact) mass is 290 g/mol. The van der Waals surface area contributed by atoms with Gasteiger partial charge in [0.2, 0.25) is 5.91 Å². The number of benzene rings is 1. The first-order valence-electron chi connectivity index (χ1n) is 6.98. The number of carbonyl (C=O) groups excluding carboxylic acids is 2. The number of anilines is 1. The van der Waals surface area contributed by atoms with Gasteiger partial charge < -0.3 is 15.3 Å². The van der Waals surface area contributed by atoms with Crippen LogP contribution in [0.4, 0.5) is 5.69 Å². The van der Waals surface area contributed by atoms with E-state index in [0.29, 0.717) is 24.9 Å². The van der Waals surface area contributed by atoms with Gasteiger partial charge in [0.15, 0.2) is 0 Å². The molecule has 1 aliphatic rings. The number of nitrogens with zero attached hydrogens (tertiary/aromatic N) is 1. The van der Waals surface area contributed by atoms with E-state index in [4.69, 9.17) is 5.11 Å². The van der Waals surface area contributed by atoms with E-state index in [2.05, 4.69) is 5.32 Å². The number of carbonyl (C=O) groups is 3. The van der Waals surface area contributed by atoms with Crippen molar-refractivity contribution in [2.75, 3.05) is 18.0 Å². The Balaban J connectivity index is 1.88. The minimum absolute atomic E-state index is 0.0380. The van der Waals surface area contributed by atoms with Gasteiger partial charge in [-0.1, -0.05) is 0 Å². The predicted octanol–water partition coefficient (Wildman–Crippen LogP) is 1.41. The number of nitrogens with one attached hydrogen (secondary N) is 1. The van der Waals surface area contributed by atoms with E-state index < -0.39 is 5.97 Å². The smallest absolute Gasteiger partial charge is 0.303 e. The standard InChI is InChI=1S/C15H18N2O4/c18-13-3-2-10-17(13)12-7-5-11(6-8-12)15(21)16-9-1-4-14(19)20/h5-8H,1-4,9-10H2,(H,16,21)(H,19,20). The van der Waals surface area contributed by atoms with E-state index in [1.54, 1.807) is 29.2 Å². The van der Waals surface area contributed by atoms with Crippen LogP contribution in [-0.2, 0) is 9.59 Å². The Morgan fingerprint density at radius 1 is 1.24 bits per heavy atom. The number of hydrogen-bond donors (Lipinski definition) is 2. The van der Waals surface area contributed by atoms with Gasteiger partial charge >= 0.3 is 5.97 Å². The first-order valence-corrected chi connectivity index (χ1v) is 6.98. The van der Waals surface area contributed by atoms with Crippen LogP contribution in [0.5, 0.6) is 0 Å². The Hall–Kier alpha value is -2.37. The largest absolute Gasteiger partial charge is 0.481 e. The molecule has 0 aromatic heterocycles. The number of aliphatic carboxylic acids is 1. The number of hydrogen-bond acceptors (Lipinski definition) is 3. The van der Waals surface area contributed by atoms with Crippen molar-refractivity contribution in [3.8, 4) is 0 Å². The van der Waals surface area contributed by atoms with Crippen molar-refractivity contribution in [2.45, 2.75) is 25.7 Å². The number of carboxylic acid groups (broad SMARTS) is 1. The molecule has 0 spiro atoms. The Morgan fingerprint density at radius 2 is 1.95 bits per heavy atom. The SMILES string of the molecule is O=C(O)CCCNC(=O)c1ccc(N2CCCC2=O)cc1.